The Kier molecular flexibility index (Phi) is 3.77. The summed E-state index contributed by atoms with van der Waals surface area (Å²) in [5.74, 6) is -1.93. The minimum atomic E-state index is -0.725. The minimum Gasteiger partial charge on any atom is -0.376 e. The van der Waals surface area contributed by atoms with Crippen LogP contribution in [0, 0.1) is 17.5 Å². The summed E-state index contributed by atoms with van der Waals surface area (Å²) in [6.07, 6.45) is 0. The second kappa shape index (κ2) is 5.31. The van der Waals surface area contributed by atoms with Gasteiger partial charge in [0.1, 0.15) is 23.1 Å². The first kappa shape index (κ1) is 12.8. The third-order valence-electron chi connectivity index (χ3n) is 2.43. The van der Waals surface area contributed by atoms with Gasteiger partial charge in [-0.2, -0.15) is 0 Å². The average Bonchev–Trinajstić information content (AvgIpc) is 2.33. The van der Waals surface area contributed by atoms with Gasteiger partial charge in [-0.1, -0.05) is 17.7 Å². The predicted octanol–water partition coefficient (Wildman–Crippen LogP) is 4.37. The molecule has 0 aliphatic carbocycles. The Labute approximate surface area is 107 Å². The third-order valence-corrected chi connectivity index (χ3v) is 2.66. The zero-order valence-corrected chi connectivity index (χ0v) is 9.94. The van der Waals surface area contributed by atoms with Crippen LogP contribution < -0.4 is 5.32 Å². The van der Waals surface area contributed by atoms with Crippen molar-refractivity contribution >= 4 is 17.3 Å². The van der Waals surface area contributed by atoms with E-state index in [1.54, 1.807) is 0 Å². The van der Waals surface area contributed by atoms with Gasteiger partial charge < -0.3 is 5.32 Å². The van der Waals surface area contributed by atoms with Crippen molar-refractivity contribution in [2.75, 3.05) is 5.32 Å². The highest BCUT2D eigenvalue weighted by Crippen LogP contribution is 2.20. The molecule has 0 atom stereocenters. The topological polar surface area (TPSA) is 12.0 Å². The van der Waals surface area contributed by atoms with Crippen molar-refractivity contribution < 1.29 is 13.2 Å². The van der Waals surface area contributed by atoms with Crippen molar-refractivity contribution in [3.8, 4) is 0 Å². The lowest BCUT2D eigenvalue weighted by Crippen LogP contribution is -2.05. The smallest absolute Gasteiger partial charge is 0.149 e. The SMILES string of the molecule is Fc1ccc(Cl)cc1CNc1c(F)cccc1F. The number of anilines is 1. The van der Waals surface area contributed by atoms with Crippen LogP contribution in [-0.2, 0) is 6.54 Å². The second-order valence-corrected chi connectivity index (χ2v) is 4.12. The number of para-hydroxylation sites is 1. The molecular weight excluding hydrogens is 263 g/mol. The minimum absolute atomic E-state index is 0.0513. The molecule has 0 saturated heterocycles. The number of benzene rings is 2. The van der Waals surface area contributed by atoms with Gasteiger partial charge in [-0.15, -0.1) is 0 Å². The van der Waals surface area contributed by atoms with Crippen LogP contribution in [0.3, 0.4) is 0 Å². The standard InChI is InChI=1S/C13H9ClF3N/c14-9-4-5-10(15)8(6-9)7-18-13-11(16)2-1-3-12(13)17/h1-6,18H,7H2. The molecule has 0 aromatic heterocycles. The molecule has 94 valence electrons. The first-order chi connectivity index (χ1) is 8.58. The monoisotopic (exact) mass is 271 g/mol. The van der Waals surface area contributed by atoms with Gasteiger partial charge >= 0.3 is 0 Å². The molecule has 1 N–H and O–H groups in total. The van der Waals surface area contributed by atoms with Crippen molar-refractivity contribution in [2.45, 2.75) is 6.54 Å². The molecule has 0 bridgehead atoms. The molecule has 0 fully saturated rings. The summed E-state index contributed by atoms with van der Waals surface area (Å²) < 4.78 is 40.0. The van der Waals surface area contributed by atoms with Crippen molar-refractivity contribution in [1.82, 2.24) is 0 Å². The Balaban J connectivity index is 2.19. The number of rotatable bonds is 3. The summed E-state index contributed by atoms with van der Waals surface area (Å²) in [4.78, 5) is 0. The van der Waals surface area contributed by atoms with E-state index in [-0.39, 0.29) is 17.8 Å². The summed E-state index contributed by atoms with van der Waals surface area (Å²) >= 11 is 5.72. The van der Waals surface area contributed by atoms with E-state index >= 15 is 0 Å². The van der Waals surface area contributed by atoms with Gasteiger partial charge in [0.15, 0.2) is 0 Å². The van der Waals surface area contributed by atoms with Crippen LogP contribution in [0.15, 0.2) is 36.4 Å². The van der Waals surface area contributed by atoms with Crippen LogP contribution in [0.1, 0.15) is 5.56 Å². The number of nitrogens with one attached hydrogen (secondary N) is 1. The maximum absolute atomic E-state index is 13.4. The molecule has 0 saturated carbocycles. The van der Waals surface area contributed by atoms with Gasteiger partial charge in [-0.05, 0) is 30.3 Å². The fourth-order valence-electron chi connectivity index (χ4n) is 1.53. The normalized spacial score (nSPS) is 10.4. The fraction of sp³-hybridized carbons (Fsp3) is 0.0769. The molecule has 2 rings (SSSR count). The van der Waals surface area contributed by atoms with Crippen LogP contribution in [0.25, 0.3) is 0 Å². The van der Waals surface area contributed by atoms with Crippen LogP contribution in [0.5, 0.6) is 0 Å². The van der Waals surface area contributed by atoms with Crippen LogP contribution >= 0.6 is 11.6 Å². The van der Waals surface area contributed by atoms with Gasteiger partial charge in [0.2, 0.25) is 0 Å². The van der Waals surface area contributed by atoms with Gasteiger partial charge in [-0.3, -0.25) is 0 Å². The molecule has 2 aromatic carbocycles. The second-order valence-electron chi connectivity index (χ2n) is 3.69. The Bertz CT molecular complexity index is 552. The van der Waals surface area contributed by atoms with E-state index in [1.165, 1.54) is 24.3 Å². The van der Waals surface area contributed by atoms with Crippen LogP contribution in [0.2, 0.25) is 5.02 Å². The number of hydrogen-bond acceptors (Lipinski definition) is 1. The molecule has 0 unspecified atom stereocenters. The van der Waals surface area contributed by atoms with Crippen molar-refractivity contribution in [3.05, 3.63) is 64.4 Å². The van der Waals surface area contributed by atoms with Crippen LogP contribution in [0.4, 0.5) is 18.9 Å². The predicted molar refractivity (Wildman–Crippen MR) is 65.1 cm³/mol. The average molecular weight is 272 g/mol. The quantitative estimate of drug-likeness (QED) is 0.874. The largest absolute Gasteiger partial charge is 0.376 e. The highest BCUT2D eigenvalue weighted by Gasteiger charge is 2.09. The third kappa shape index (κ3) is 2.76. The summed E-state index contributed by atoms with van der Waals surface area (Å²) in [5, 5.41) is 2.88. The van der Waals surface area contributed by atoms with E-state index in [0.29, 0.717) is 5.02 Å². The van der Waals surface area contributed by atoms with E-state index in [4.69, 9.17) is 11.6 Å². The fourth-order valence-corrected chi connectivity index (χ4v) is 1.72. The van der Waals surface area contributed by atoms with Gasteiger partial charge in [0, 0.05) is 17.1 Å². The summed E-state index contributed by atoms with van der Waals surface area (Å²) in [7, 11) is 0. The Morgan fingerprint density at radius 2 is 1.61 bits per heavy atom. The van der Waals surface area contributed by atoms with E-state index in [0.717, 1.165) is 12.1 Å². The molecule has 1 nitrogen and oxygen atoms in total. The summed E-state index contributed by atoms with van der Waals surface area (Å²) in [5.41, 5.74) is -0.0398. The maximum atomic E-state index is 13.4. The van der Waals surface area contributed by atoms with Crippen molar-refractivity contribution in [1.29, 1.82) is 0 Å². The summed E-state index contributed by atoms with van der Waals surface area (Å²) in [6, 6.07) is 7.53. The van der Waals surface area contributed by atoms with Gasteiger partial charge in [-0.25, -0.2) is 13.2 Å². The van der Waals surface area contributed by atoms with E-state index in [1.807, 2.05) is 0 Å². The number of hydrogen-bond donors (Lipinski definition) is 1. The lowest BCUT2D eigenvalue weighted by atomic mass is 10.2. The van der Waals surface area contributed by atoms with Gasteiger partial charge in [0.05, 0.1) is 0 Å². The highest BCUT2D eigenvalue weighted by atomic mass is 35.5. The van der Waals surface area contributed by atoms with E-state index in [2.05, 4.69) is 5.32 Å². The first-order valence-corrected chi connectivity index (χ1v) is 5.57. The Hall–Kier alpha value is -1.68. The lowest BCUT2D eigenvalue weighted by molar-refractivity contribution is 0.585. The maximum Gasteiger partial charge on any atom is 0.149 e. The summed E-state index contributed by atoms with van der Waals surface area (Å²) in [6.45, 7) is -0.0513. The molecule has 0 heterocycles. The Morgan fingerprint density at radius 3 is 2.28 bits per heavy atom. The first-order valence-electron chi connectivity index (χ1n) is 5.20. The molecule has 2 aromatic rings. The molecule has 18 heavy (non-hydrogen) atoms. The zero-order valence-electron chi connectivity index (χ0n) is 9.18. The molecular formula is C13H9ClF3N. The van der Waals surface area contributed by atoms with E-state index < -0.39 is 17.5 Å². The number of halogens is 4. The molecule has 0 aliphatic rings. The molecule has 0 radical (unpaired) electrons. The lowest BCUT2D eigenvalue weighted by Gasteiger charge is -2.09. The Morgan fingerprint density at radius 1 is 0.944 bits per heavy atom. The van der Waals surface area contributed by atoms with Crippen molar-refractivity contribution in [2.24, 2.45) is 0 Å². The van der Waals surface area contributed by atoms with Crippen molar-refractivity contribution in [3.63, 3.8) is 0 Å². The molecule has 0 aliphatic heterocycles. The molecule has 0 spiro atoms. The highest BCUT2D eigenvalue weighted by molar-refractivity contribution is 6.30. The zero-order chi connectivity index (χ0) is 13.1. The molecule has 5 heteroatoms. The molecule has 0 amide bonds. The van der Waals surface area contributed by atoms with Gasteiger partial charge in [0.25, 0.3) is 0 Å². The van der Waals surface area contributed by atoms with Crippen LogP contribution in [-0.4, -0.2) is 0 Å². The van der Waals surface area contributed by atoms with E-state index in [9.17, 15) is 13.2 Å².